The van der Waals surface area contributed by atoms with E-state index >= 15 is 0 Å². The lowest BCUT2D eigenvalue weighted by Gasteiger charge is -2.38. The Hall–Kier alpha value is -3.72. The van der Waals surface area contributed by atoms with E-state index in [1.54, 1.807) is 17.2 Å². The number of allylic oxidation sites excluding steroid dienone is 1. The maximum absolute atomic E-state index is 12.9. The Labute approximate surface area is 209 Å². The van der Waals surface area contributed by atoms with E-state index in [-0.39, 0.29) is 17.7 Å². The van der Waals surface area contributed by atoms with Crippen LogP contribution in [0.5, 0.6) is 0 Å². The van der Waals surface area contributed by atoms with Gasteiger partial charge in [0.15, 0.2) is 0 Å². The molecule has 3 atom stereocenters. The number of amides is 3. The van der Waals surface area contributed by atoms with Gasteiger partial charge in [-0.1, -0.05) is 6.08 Å². The molecule has 3 unspecified atom stereocenters. The van der Waals surface area contributed by atoms with Crippen LogP contribution >= 0.6 is 0 Å². The number of nitrogens with zero attached hydrogens (tertiary/aromatic N) is 4. The van der Waals surface area contributed by atoms with Crippen LogP contribution in [0.2, 0.25) is 0 Å². The van der Waals surface area contributed by atoms with E-state index in [0.717, 1.165) is 30.6 Å². The Morgan fingerprint density at radius 2 is 2.06 bits per heavy atom. The molecule has 0 saturated carbocycles. The number of hydrogen-bond acceptors (Lipinski definition) is 5. The number of rotatable bonds is 3. The SMILES string of the molecule is CC(=O)N1CCN2Cc3cc(/C=C/C(=O)N4CC5C=C(c6ccc[nH]6)CC5C4)cnc3NC(=O)C2C1. The second-order valence-corrected chi connectivity index (χ2v) is 10.2. The molecule has 2 fully saturated rings. The average Bonchev–Trinajstić information content (AvgIpc) is 3.59. The van der Waals surface area contributed by atoms with Crippen LogP contribution in [0, 0.1) is 11.8 Å². The fourth-order valence-corrected chi connectivity index (χ4v) is 5.91. The normalized spacial score (nSPS) is 25.8. The number of likely N-dealkylation sites (tertiary alicyclic amines) is 1. The minimum absolute atomic E-state index is 0.0157. The fourth-order valence-electron chi connectivity index (χ4n) is 5.91. The molecule has 2 aromatic rings. The smallest absolute Gasteiger partial charge is 0.246 e. The van der Waals surface area contributed by atoms with Crippen molar-refractivity contribution in [2.24, 2.45) is 11.8 Å². The van der Waals surface area contributed by atoms with Gasteiger partial charge in [-0.2, -0.15) is 0 Å². The maximum atomic E-state index is 12.9. The van der Waals surface area contributed by atoms with Gasteiger partial charge in [0.1, 0.15) is 11.9 Å². The number of fused-ring (bicyclic) bond motifs is 3. The highest BCUT2D eigenvalue weighted by molar-refractivity contribution is 5.96. The van der Waals surface area contributed by atoms with E-state index in [9.17, 15) is 14.4 Å². The Bertz CT molecular complexity index is 1270. The molecule has 36 heavy (non-hydrogen) atoms. The number of pyridine rings is 1. The number of piperazine rings is 1. The van der Waals surface area contributed by atoms with Gasteiger partial charge in [0.2, 0.25) is 17.7 Å². The molecule has 0 spiro atoms. The van der Waals surface area contributed by atoms with Crippen LogP contribution in [0.4, 0.5) is 5.82 Å². The van der Waals surface area contributed by atoms with Crippen molar-refractivity contribution in [1.29, 1.82) is 0 Å². The number of hydrogen-bond donors (Lipinski definition) is 2. The molecule has 0 radical (unpaired) electrons. The van der Waals surface area contributed by atoms with Crippen LogP contribution in [0.25, 0.3) is 11.6 Å². The molecule has 0 aromatic carbocycles. The zero-order valence-electron chi connectivity index (χ0n) is 20.3. The van der Waals surface area contributed by atoms with Crippen molar-refractivity contribution in [2.75, 3.05) is 38.0 Å². The summed E-state index contributed by atoms with van der Waals surface area (Å²) in [5.41, 5.74) is 4.27. The first-order chi connectivity index (χ1) is 17.4. The number of aromatic nitrogens is 2. The van der Waals surface area contributed by atoms with Crippen LogP contribution in [-0.4, -0.2) is 81.2 Å². The lowest BCUT2D eigenvalue weighted by atomic mass is 9.99. The first kappa shape index (κ1) is 22.7. The van der Waals surface area contributed by atoms with Crippen molar-refractivity contribution in [2.45, 2.75) is 25.9 Å². The summed E-state index contributed by atoms with van der Waals surface area (Å²) in [6, 6.07) is 5.71. The number of nitrogens with one attached hydrogen (secondary N) is 2. The highest BCUT2D eigenvalue weighted by atomic mass is 16.2. The number of carbonyl (C=O) groups is 3. The molecule has 0 bridgehead atoms. The van der Waals surface area contributed by atoms with Crippen molar-refractivity contribution >= 4 is 35.2 Å². The first-order valence-corrected chi connectivity index (χ1v) is 12.6. The lowest BCUT2D eigenvalue weighted by molar-refractivity contribution is -0.134. The number of carbonyl (C=O) groups excluding carboxylic acids is 3. The molecule has 9 heteroatoms. The van der Waals surface area contributed by atoms with Gasteiger partial charge in [-0.25, -0.2) is 4.98 Å². The van der Waals surface area contributed by atoms with E-state index in [4.69, 9.17) is 0 Å². The Balaban J connectivity index is 1.11. The van der Waals surface area contributed by atoms with Gasteiger partial charge in [0, 0.05) is 75.9 Å². The third kappa shape index (κ3) is 4.24. The summed E-state index contributed by atoms with van der Waals surface area (Å²) in [7, 11) is 0. The van der Waals surface area contributed by atoms with Crippen LogP contribution in [0.1, 0.15) is 30.2 Å². The quantitative estimate of drug-likeness (QED) is 0.646. The second kappa shape index (κ2) is 9.05. The van der Waals surface area contributed by atoms with E-state index in [0.29, 0.717) is 43.8 Å². The Morgan fingerprint density at radius 1 is 1.17 bits per heavy atom. The van der Waals surface area contributed by atoms with Crippen molar-refractivity contribution in [3.63, 3.8) is 0 Å². The van der Waals surface area contributed by atoms with Crippen molar-refractivity contribution in [3.05, 3.63) is 59.6 Å². The molecule has 2 saturated heterocycles. The highest BCUT2D eigenvalue weighted by Crippen LogP contribution is 2.40. The van der Waals surface area contributed by atoms with Gasteiger partial charge in [0.05, 0.1) is 0 Å². The molecule has 4 aliphatic rings. The zero-order chi connectivity index (χ0) is 24.8. The predicted molar refractivity (Wildman–Crippen MR) is 135 cm³/mol. The van der Waals surface area contributed by atoms with E-state index < -0.39 is 6.04 Å². The van der Waals surface area contributed by atoms with E-state index in [1.807, 2.05) is 29.3 Å². The second-order valence-electron chi connectivity index (χ2n) is 10.2. The summed E-state index contributed by atoms with van der Waals surface area (Å²) < 4.78 is 0. The lowest BCUT2D eigenvalue weighted by Crippen LogP contribution is -2.57. The summed E-state index contributed by atoms with van der Waals surface area (Å²) in [6.45, 7) is 5.25. The van der Waals surface area contributed by atoms with Crippen molar-refractivity contribution in [1.82, 2.24) is 24.7 Å². The van der Waals surface area contributed by atoms with Crippen molar-refractivity contribution < 1.29 is 14.4 Å². The molecule has 1 aliphatic carbocycles. The third-order valence-corrected chi connectivity index (χ3v) is 7.90. The highest BCUT2D eigenvalue weighted by Gasteiger charge is 2.38. The van der Waals surface area contributed by atoms with Crippen LogP contribution in [0.3, 0.4) is 0 Å². The molecule has 2 N–H and O–H groups in total. The number of H-pyrrole nitrogens is 1. The molecule has 2 aromatic heterocycles. The van der Waals surface area contributed by atoms with E-state index in [2.05, 4.69) is 32.3 Å². The summed E-state index contributed by atoms with van der Waals surface area (Å²) in [5, 5.41) is 2.92. The molecule has 3 amide bonds. The minimum atomic E-state index is -0.390. The molecule has 6 rings (SSSR count). The maximum Gasteiger partial charge on any atom is 0.246 e. The number of anilines is 1. The molecule has 186 valence electrons. The van der Waals surface area contributed by atoms with Crippen molar-refractivity contribution in [3.8, 4) is 0 Å². The summed E-state index contributed by atoms with van der Waals surface area (Å²) in [5.74, 6) is 1.30. The first-order valence-electron chi connectivity index (χ1n) is 12.6. The summed E-state index contributed by atoms with van der Waals surface area (Å²) in [6.07, 6.45) is 10.4. The van der Waals surface area contributed by atoms with Gasteiger partial charge >= 0.3 is 0 Å². The standard InChI is InChI=1S/C27H30N6O3/c1-17(34)31-7-8-32-15-22-9-18(12-29-26(22)30-27(36)24(32)16-31)4-5-25(35)33-13-20-10-19(11-21(20)14-33)23-3-2-6-28-23/h2-6,9-10,12,20-21,24,28H,7-8,11,13-16H2,1H3,(H,29,30,36)/b5-4+. The van der Waals surface area contributed by atoms with Crippen LogP contribution in [0.15, 0.2) is 42.7 Å². The topological polar surface area (TPSA) is 102 Å². The molecule has 9 nitrogen and oxygen atoms in total. The van der Waals surface area contributed by atoms with Gasteiger partial charge in [-0.3, -0.25) is 19.3 Å². The average molecular weight is 487 g/mol. The summed E-state index contributed by atoms with van der Waals surface area (Å²) in [4.78, 5) is 51.0. The van der Waals surface area contributed by atoms with E-state index in [1.165, 1.54) is 18.2 Å². The molecular formula is C27H30N6O3. The van der Waals surface area contributed by atoms with Crippen LogP contribution in [-0.2, 0) is 20.9 Å². The van der Waals surface area contributed by atoms with Gasteiger partial charge in [0.25, 0.3) is 0 Å². The minimum Gasteiger partial charge on any atom is -0.361 e. The number of aromatic amines is 1. The summed E-state index contributed by atoms with van der Waals surface area (Å²) >= 11 is 0. The molecule has 5 heterocycles. The van der Waals surface area contributed by atoms with Gasteiger partial charge < -0.3 is 20.1 Å². The monoisotopic (exact) mass is 486 g/mol. The van der Waals surface area contributed by atoms with Gasteiger partial charge in [-0.15, -0.1) is 0 Å². The largest absolute Gasteiger partial charge is 0.361 e. The van der Waals surface area contributed by atoms with Crippen LogP contribution < -0.4 is 5.32 Å². The zero-order valence-corrected chi connectivity index (χ0v) is 20.3. The third-order valence-electron chi connectivity index (χ3n) is 7.90. The Kier molecular flexibility index (Phi) is 5.72. The Morgan fingerprint density at radius 3 is 2.83 bits per heavy atom. The molecule has 3 aliphatic heterocycles. The van der Waals surface area contributed by atoms with Gasteiger partial charge in [-0.05, 0) is 53.7 Å². The molecular weight excluding hydrogens is 456 g/mol. The fraction of sp³-hybridized carbons (Fsp3) is 0.407. The predicted octanol–water partition coefficient (Wildman–Crippen LogP) is 1.97.